The second-order valence-corrected chi connectivity index (χ2v) is 3.69. The third-order valence-electron chi connectivity index (χ3n) is 1.13. The molecule has 0 aliphatic carbocycles. The smallest absolute Gasteiger partial charge is 0.177 e. The van der Waals surface area contributed by atoms with Gasteiger partial charge in [-0.1, -0.05) is 0 Å². The molecular formula is C5H3BrN4S. The van der Waals surface area contributed by atoms with Gasteiger partial charge >= 0.3 is 0 Å². The van der Waals surface area contributed by atoms with E-state index in [9.17, 15) is 0 Å². The summed E-state index contributed by atoms with van der Waals surface area (Å²) in [6, 6.07) is 1.95. The minimum atomic E-state index is 0.640. The van der Waals surface area contributed by atoms with E-state index in [1.54, 1.807) is 11.3 Å². The van der Waals surface area contributed by atoms with Gasteiger partial charge in [0, 0.05) is 9.85 Å². The molecule has 0 saturated carbocycles. The summed E-state index contributed by atoms with van der Waals surface area (Å²) in [5.74, 6) is 0.640. The summed E-state index contributed by atoms with van der Waals surface area (Å²) < 4.78 is 1.04. The van der Waals surface area contributed by atoms with Gasteiger partial charge in [0.25, 0.3) is 0 Å². The van der Waals surface area contributed by atoms with Gasteiger partial charge in [0.15, 0.2) is 0 Å². The van der Waals surface area contributed by atoms with Crippen molar-refractivity contribution in [3.63, 3.8) is 0 Å². The van der Waals surface area contributed by atoms with E-state index < -0.39 is 0 Å². The zero-order valence-electron chi connectivity index (χ0n) is 5.28. The van der Waals surface area contributed by atoms with Gasteiger partial charge in [-0.05, 0) is 27.2 Å². The predicted molar refractivity (Wildman–Crippen MR) is 45.2 cm³/mol. The minimum Gasteiger partial charge on any atom is -0.177 e. The summed E-state index contributed by atoms with van der Waals surface area (Å²) in [4.78, 5) is 1.01. The SMILES string of the molecule is Brc1csc(-c2nn[nH]n2)c1. The van der Waals surface area contributed by atoms with Crippen molar-refractivity contribution >= 4 is 27.3 Å². The molecular weight excluding hydrogens is 228 g/mol. The summed E-state index contributed by atoms with van der Waals surface area (Å²) in [5.41, 5.74) is 0. The first-order valence-corrected chi connectivity index (χ1v) is 4.51. The quantitative estimate of drug-likeness (QED) is 0.812. The van der Waals surface area contributed by atoms with Crippen LogP contribution in [0.15, 0.2) is 15.9 Å². The highest BCUT2D eigenvalue weighted by molar-refractivity contribution is 9.10. The zero-order valence-corrected chi connectivity index (χ0v) is 7.69. The molecule has 4 nitrogen and oxygen atoms in total. The molecule has 1 N–H and O–H groups in total. The molecule has 0 aliphatic rings. The number of H-pyrrole nitrogens is 1. The van der Waals surface area contributed by atoms with Crippen LogP contribution in [0.5, 0.6) is 0 Å². The zero-order chi connectivity index (χ0) is 7.68. The molecule has 0 aromatic carbocycles. The molecule has 0 bridgehead atoms. The maximum Gasteiger partial charge on any atom is 0.214 e. The van der Waals surface area contributed by atoms with Crippen LogP contribution in [0.4, 0.5) is 0 Å². The minimum absolute atomic E-state index is 0.640. The number of rotatable bonds is 1. The van der Waals surface area contributed by atoms with Gasteiger partial charge in [0.1, 0.15) is 0 Å². The van der Waals surface area contributed by atoms with Crippen molar-refractivity contribution in [3.8, 4) is 10.7 Å². The number of nitrogens with one attached hydrogen (secondary N) is 1. The number of halogens is 1. The topological polar surface area (TPSA) is 54.5 Å². The van der Waals surface area contributed by atoms with Crippen molar-refractivity contribution in [3.05, 3.63) is 15.9 Å². The molecule has 2 aromatic heterocycles. The Labute approximate surface area is 74.8 Å². The number of thiophene rings is 1. The highest BCUT2D eigenvalue weighted by atomic mass is 79.9. The fourth-order valence-corrected chi connectivity index (χ4v) is 2.05. The van der Waals surface area contributed by atoms with Gasteiger partial charge in [0.05, 0.1) is 4.88 Å². The molecule has 2 aromatic rings. The van der Waals surface area contributed by atoms with Crippen molar-refractivity contribution in [1.82, 2.24) is 20.6 Å². The Morgan fingerprint density at radius 2 is 2.45 bits per heavy atom. The number of aromatic amines is 1. The molecule has 0 fully saturated rings. The molecule has 0 saturated heterocycles. The molecule has 0 radical (unpaired) electrons. The first-order valence-electron chi connectivity index (χ1n) is 2.84. The summed E-state index contributed by atoms with van der Waals surface area (Å²) in [6.07, 6.45) is 0. The van der Waals surface area contributed by atoms with Gasteiger partial charge in [-0.15, -0.1) is 21.5 Å². The lowest BCUT2D eigenvalue weighted by Gasteiger charge is -1.80. The molecule has 6 heteroatoms. The molecule has 0 amide bonds. The lowest BCUT2D eigenvalue weighted by atomic mass is 10.5. The van der Waals surface area contributed by atoms with E-state index in [-0.39, 0.29) is 0 Å². The molecule has 2 heterocycles. The van der Waals surface area contributed by atoms with Crippen molar-refractivity contribution in [2.45, 2.75) is 0 Å². The van der Waals surface area contributed by atoms with E-state index in [1.165, 1.54) is 0 Å². The average molecular weight is 231 g/mol. The van der Waals surface area contributed by atoms with Crippen molar-refractivity contribution in [2.75, 3.05) is 0 Å². The molecule has 0 unspecified atom stereocenters. The average Bonchev–Trinajstić information content (AvgIpc) is 2.55. The predicted octanol–water partition coefficient (Wildman–Crippen LogP) is 1.69. The maximum absolute atomic E-state index is 3.84. The molecule has 11 heavy (non-hydrogen) atoms. The van der Waals surface area contributed by atoms with Crippen LogP contribution >= 0.6 is 27.3 Å². The Morgan fingerprint density at radius 3 is 3.00 bits per heavy atom. The molecule has 56 valence electrons. The second-order valence-electron chi connectivity index (χ2n) is 1.86. The third-order valence-corrected chi connectivity index (χ3v) is 2.82. The van der Waals surface area contributed by atoms with Gasteiger partial charge in [-0.2, -0.15) is 5.21 Å². The number of tetrazole rings is 1. The van der Waals surface area contributed by atoms with Gasteiger partial charge in [0.2, 0.25) is 5.82 Å². The molecule has 2 rings (SSSR count). The maximum atomic E-state index is 3.84. The van der Waals surface area contributed by atoms with Crippen LogP contribution in [0.2, 0.25) is 0 Å². The van der Waals surface area contributed by atoms with E-state index in [4.69, 9.17) is 0 Å². The van der Waals surface area contributed by atoms with E-state index in [0.29, 0.717) is 5.82 Å². The second kappa shape index (κ2) is 2.71. The lowest BCUT2D eigenvalue weighted by molar-refractivity contribution is 0.881. The number of nitrogens with zero attached hydrogens (tertiary/aromatic N) is 3. The fourth-order valence-electron chi connectivity index (χ4n) is 0.696. The normalized spacial score (nSPS) is 10.3. The Kier molecular flexibility index (Phi) is 1.71. The summed E-state index contributed by atoms with van der Waals surface area (Å²) in [7, 11) is 0. The van der Waals surface area contributed by atoms with Crippen molar-refractivity contribution in [1.29, 1.82) is 0 Å². The van der Waals surface area contributed by atoms with E-state index >= 15 is 0 Å². The molecule has 0 spiro atoms. The third kappa shape index (κ3) is 1.31. The fraction of sp³-hybridized carbons (Fsp3) is 0. The molecule has 0 atom stereocenters. The van der Waals surface area contributed by atoms with Crippen LogP contribution in [0, 0.1) is 0 Å². The van der Waals surface area contributed by atoms with Crippen molar-refractivity contribution in [2.24, 2.45) is 0 Å². The lowest BCUT2D eigenvalue weighted by Crippen LogP contribution is -1.73. The highest BCUT2D eigenvalue weighted by Crippen LogP contribution is 2.26. The Balaban J connectivity index is 2.45. The van der Waals surface area contributed by atoms with E-state index in [2.05, 4.69) is 36.6 Å². The largest absolute Gasteiger partial charge is 0.214 e. The van der Waals surface area contributed by atoms with Crippen LogP contribution < -0.4 is 0 Å². The summed E-state index contributed by atoms with van der Waals surface area (Å²) >= 11 is 4.92. The van der Waals surface area contributed by atoms with Crippen molar-refractivity contribution < 1.29 is 0 Å². The first kappa shape index (κ1) is 6.93. The Bertz CT molecular complexity index is 341. The van der Waals surface area contributed by atoms with E-state index in [1.807, 2.05) is 11.4 Å². The van der Waals surface area contributed by atoms with Crippen LogP contribution in [0.25, 0.3) is 10.7 Å². The van der Waals surface area contributed by atoms with Crippen LogP contribution in [-0.2, 0) is 0 Å². The Hall–Kier alpha value is -0.750. The first-order chi connectivity index (χ1) is 5.36. The van der Waals surface area contributed by atoms with Gasteiger partial charge < -0.3 is 0 Å². The summed E-state index contributed by atoms with van der Waals surface area (Å²) in [6.45, 7) is 0. The van der Waals surface area contributed by atoms with Crippen LogP contribution in [-0.4, -0.2) is 20.6 Å². The number of hydrogen-bond acceptors (Lipinski definition) is 4. The summed E-state index contributed by atoms with van der Waals surface area (Å²) in [5, 5.41) is 15.5. The number of hydrogen-bond donors (Lipinski definition) is 1. The van der Waals surface area contributed by atoms with Crippen LogP contribution in [0.1, 0.15) is 0 Å². The molecule has 0 aliphatic heterocycles. The van der Waals surface area contributed by atoms with Crippen LogP contribution in [0.3, 0.4) is 0 Å². The highest BCUT2D eigenvalue weighted by Gasteiger charge is 2.04. The number of aromatic nitrogens is 4. The van der Waals surface area contributed by atoms with Gasteiger partial charge in [-0.3, -0.25) is 0 Å². The Morgan fingerprint density at radius 1 is 1.55 bits per heavy atom. The van der Waals surface area contributed by atoms with Gasteiger partial charge in [-0.25, -0.2) is 0 Å². The van der Waals surface area contributed by atoms with E-state index in [0.717, 1.165) is 9.35 Å². The standard InChI is InChI=1S/C5H3BrN4S/c6-3-1-4(11-2-3)5-7-9-10-8-5/h1-2H,(H,7,8,9,10). The monoisotopic (exact) mass is 230 g/mol.